The third-order valence-corrected chi connectivity index (χ3v) is 4.64. The van der Waals surface area contributed by atoms with Crippen molar-refractivity contribution in [3.05, 3.63) is 89.7 Å². The number of aryl methyl sites for hydroxylation is 2. The van der Waals surface area contributed by atoms with Crippen LogP contribution in [0, 0.1) is 13.8 Å². The topological polar surface area (TPSA) is 66.9 Å². The number of hydrogen-bond donors (Lipinski definition) is 2. The molecule has 0 atom stereocenters. The summed E-state index contributed by atoms with van der Waals surface area (Å²) in [5, 5.41) is 7.31. The molecule has 5 heteroatoms. The number of rotatable bonds is 4. The molecular formula is C23H20N4O. The zero-order valence-corrected chi connectivity index (χ0v) is 15.7. The maximum absolute atomic E-state index is 12.6. The van der Waals surface area contributed by atoms with Gasteiger partial charge in [-0.15, -0.1) is 0 Å². The summed E-state index contributed by atoms with van der Waals surface area (Å²) in [6, 6.07) is 19.4. The predicted molar refractivity (Wildman–Crippen MR) is 113 cm³/mol. The SMILES string of the molecule is Cc1cccc(C)c1NC(=O)c1ccc(Nc2cccc3cccnc23)nc1. The summed E-state index contributed by atoms with van der Waals surface area (Å²) < 4.78 is 0. The highest BCUT2D eigenvalue weighted by atomic mass is 16.1. The van der Waals surface area contributed by atoms with Crippen molar-refractivity contribution in [2.75, 3.05) is 10.6 Å². The van der Waals surface area contributed by atoms with Gasteiger partial charge in [0.2, 0.25) is 0 Å². The van der Waals surface area contributed by atoms with Crippen molar-refractivity contribution in [1.29, 1.82) is 0 Å². The Balaban J connectivity index is 1.53. The fraction of sp³-hybridized carbons (Fsp3) is 0.0870. The molecule has 2 N–H and O–H groups in total. The molecule has 5 nitrogen and oxygen atoms in total. The van der Waals surface area contributed by atoms with Gasteiger partial charge in [0.15, 0.2) is 0 Å². The number of benzene rings is 2. The third-order valence-electron chi connectivity index (χ3n) is 4.64. The molecule has 4 aromatic rings. The number of carbonyl (C=O) groups is 1. The van der Waals surface area contributed by atoms with Crippen LogP contribution < -0.4 is 10.6 Å². The Bertz CT molecular complexity index is 1130. The van der Waals surface area contributed by atoms with E-state index in [4.69, 9.17) is 0 Å². The van der Waals surface area contributed by atoms with Crippen molar-refractivity contribution in [3.63, 3.8) is 0 Å². The Hall–Kier alpha value is -3.73. The number of hydrogen-bond acceptors (Lipinski definition) is 4. The second-order valence-corrected chi connectivity index (χ2v) is 6.66. The van der Waals surface area contributed by atoms with Crippen LogP contribution in [-0.2, 0) is 0 Å². The van der Waals surface area contributed by atoms with Crippen LogP contribution in [0.5, 0.6) is 0 Å². The Labute approximate surface area is 163 Å². The van der Waals surface area contributed by atoms with Gasteiger partial charge >= 0.3 is 0 Å². The number of nitrogens with zero attached hydrogens (tertiary/aromatic N) is 2. The molecule has 0 radical (unpaired) electrons. The number of aromatic nitrogens is 2. The van der Waals surface area contributed by atoms with Gasteiger partial charge in [0.25, 0.3) is 5.91 Å². The predicted octanol–water partition coefficient (Wildman–Crippen LogP) is 5.24. The van der Waals surface area contributed by atoms with E-state index in [9.17, 15) is 4.79 Å². The third kappa shape index (κ3) is 3.55. The van der Waals surface area contributed by atoms with Gasteiger partial charge in [0.1, 0.15) is 5.82 Å². The molecule has 0 spiro atoms. The Morgan fingerprint density at radius 3 is 2.36 bits per heavy atom. The lowest BCUT2D eigenvalue weighted by atomic mass is 10.1. The lowest BCUT2D eigenvalue weighted by Crippen LogP contribution is -2.14. The summed E-state index contributed by atoms with van der Waals surface area (Å²) in [5.74, 6) is 0.477. The molecule has 0 aliphatic carbocycles. The average Bonchev–Trinajstić information content (AvgIpc) is 2.71. The van der Waals surface area contributed by atoms with Crippen LogP contribution in [0.15, 0.2) is 73.1 Å². The number of fused-ring (bicyclic) bond motifs is 1. The lowest BCUT2D eigenvalue weighted by Gasteiger charge is -2.12. The standard InChI is InChI=1S/C23H20N4O/c1-15-6-3-7-16(2)21(15)27-23(28)18-11-12-20(25-14-18)26-19-10-4-8-17-9-5-13-24-22(17)19/h3-14H,1-2H3,(H,25,26)(H,27,28). The first kappa shape index (κ1) is 17.7. The fourth-order valence-corrected chi connectivity index (χ4v) is 3.14. The molecule has 28 heavy (non-hydrogen) atoms. The summed E-state index contributed by atoms with van der Waals surface area (Å²) in [5.41, 5.74) is 5.16. The number of nitrogens with one attached hydrogen (secondary N) is 2. The first-order valence-electron chi connectivity index (χ1n) is 9.06. The number of pyridine rings is 2. The van der Waals surface area contributed by atoms with Crippen molar-refractivity contribution in [2.45, 2.75) is 13.8 Å². The van der Waals surface area contributed by atoms with E-state index in [1.165, 1.54) is 0 Å². The van der Waals surface area contributed by atoms with E-state index in [1.54, 1.807) is 24.5 Å². The summed E-state index contributed by atoms with van der Waals surface area (Å²) in [6.45, 7) is 3.96. The van der Waals surface area contributed by atoms with Crippen molar-refractivity contribution >= 4 is 34.0 Å². The summed E-state index contributed by atoms with van der Waals surface area (Å²) in [7, 11) is 0. The minimum atomic E-state index is -0.178. The Kier molecular flexibility index (Phi) is 4.72. The van der Waals surface area contributed by atoms with E-state index in [1.807, 2.05) is 62.4 Å². The molecular weight excluding hydrogens is 348 g/mol. The molecule has 0 bridgehead atoms. The van der Waals surface area contributed by atoms with E-state index in [-0.39, 0.29) is 5.91 Å². The molecule has 2 aromatic heterocycles. The van der Waals surface area contributed by atoms with Crippen LogP contribution in [0.2, 0.25) is 0 Å². The zero-order valence-electron chi connectivity index (χ0n) is 15.7. The summed E-state index contributed by atoms with van der Waals surface area (Å²) >= 11 is 0. The van der Waals surface area contributed by atoms with E-state index in [0.717, 1.165) is 33.4 Å². The Morgan fingerprint density at radius 1 is 0.857 bits per heavy atom. The van der Waals surface area contributed by atoms with Gasteiger partial charge in [0, 0.05) is 23.5 Å². The highest BCUT2D eigenvalue weighted by Crippen LogP contribution is 2.24. The van der Waals surface area contributed by atoms with Crippen LogP contribution in [-0.4, -0.2) is 15.9 Å². The molecule has 4 rings (SSSR count). The van der Waals surface area contributed by atoms with Crippen LogP contribution in [0.3, 0.4) is 0 Å². The highest BCUT2D eigenvalue weighted by molar-refractivity contribution is 6.05. The van der Waals surface area contributed by atoms with Crippen molar-refractivity contribution < 1.29 is 4.79 Å². The maximum atomic E-state index is 12.6. The number of carbonyl (C=O) groups excluding carboxylic acids is 1. The fourth-order valence-electron chi connectivity index (χ4n) is 3.14. The van der Waals surface area contributed by atoms with E-state index in [2.05, 4.69) is 20.6 Å². The normalized spacial score (nSPS) is 10.6. The van der Waals surface area contributed by atoms with Crippen molar-refractivity contribution in [1.82, 2.24) is 9.97 Å². The molecule has 0 saturated carbocycles. The Morgan fingerprint density at radius 2 is 1.61 bits per heavy atom. The van der Waals surface area contributed by atoms with Crippen molar-refractivity contribution in [2.24, 2.45) is 0 Å². The lowest BCUT2D eigenvalue weighted by molar-refractivity contribution is 0.102. The van der Waals surface area contributed by atoms with Crippen LogP contribution in [0.1, 0.15) is 21.5 Å². The number of amides is 1. The quantitative estimate of drug-likeness (QED) is 0.517. The minimum Gasteiger partial charge on any atom is -0.338 e. The molecule has 138 valence electrons. The van der Waals surface area contributed by atoms with Crippen LogP contribution >= 0.6 is 0 Å². The van der Waals surface area contributed by atoms with Crippen LogP contribution in [0.4, 0.5) is 17.2 Å². The molecule has 0 fully saturated rings. The minimum absolute atomic E-state index is 0.178. The first-order chi connectivity index (χ1) is 13.6. The van der Waals surface area contributed by atoms with Gasteiger partial charge < -0.3 is 10.6 Å². The van der Waals surface area contributed by atoms with E-state index in [0.29, 0.717) is 11.4 Å². The van der Waals surface area contributed by atoms with Crippen LogP contribution in [0.25, 0.3) is 10.9 Å². The van der Waals surface area contributed by atoms with E-state index < -0.39 is 0 Å². The molecule has 2 aromatic carbocycles. The second-order valence-electron chi connectivity index (χ2n) is 6.66. The second kappa shape index (κ2) is 7.48. The van der Waals surface area contributed by atoms with Gasteiger partial charge in [-0.3, -0.25) is 9.78 Å². The van der Waals surface area contributed by atoms with Gasteiger partial charge in [-0.25, -0.2) is 4.98 Å². The van der Waals surface area contributed by atoms with E-state index >= 15 is 0 Å². The van der Waals surface area contributed by atoms with Gasteiger partial charge in [0.05, 0.1) is 16.8 Å². The molecule has 0 unspecified atom stereocenters. The molecule has 0 saturated heterocycles. The molecule has 2 heterocycles. The van der Waals surface area contributed by atoms with Gasteiger partial charge in [-0.05, 0) is 49.2 Å². The smallest absolute Gasteiger partial charge is 0.257 e. The van der Waals surface area contributed by atoms with Gasteiger partial charge in [-0.1, -0.05) is 36.4 Å². The average molecular weight is 368 g/mol. The first-order valence-corrected chi connectivity index (χ1v) is 9.06. The zero-order chi connectivity index (χ0) is 19.5. The van der Waals surface area contributed by atoms with Crippen molar-refractivity contribution in [3.8, 4) is 0 Å². The van der Waals surface area contributed by atoms with Gasteiger partial charge in [-0.2, -0.15) is 0 Å². The maximum Gasteiger partial charge on any atom is 0.257 e. The molecule has 0 aliphatic rings. The number of para-hydroxylation sites is 2. The largest absolute Gasteiger partial charge is 0.338 e. The molecule has 0 aliphatic heterocycles. The molecule has 1 amide bonds. The number of anilines is 3. The highest BCUT2D eigenvalue weighted by Gasteiger charge is 2.10. The summed E-state index contributed by atoms with van der Waals surface area (Å²) in [4.78, 5) is 21.4. The monoisotopic (exact) mass is 368 g/mol. The summed E-state index contributed by atoms with van der Waals surface area (Å²) in [6.07, 6.45) is 3.34.